The lowest BCUT2D eigenvalue weighted by Crippen LogP contribution is -2.37. The maximum absolute atomic E-state index is 12.9. The quantitative estimate of drug-likeness (QED) is 0.571. The Morgan fingerprint density at radius 3 is 2.57 bits per heavy atom. The summed E-state index contributed by atoms with van der Waals surface area (Å²) in [5.41, 5.74) is 1.58. The first-order chi connectivity index (χ1) is 13.0. The van der Waals surface area contributed by atoms with Gasteiger partial charge in [-0.25, -0.2) is 9.78 Å². The van der Waals surface area contributed by atoms with E-state index in [2.05, 4.69) is 9.97 Å². The summed E-state index contributed by atoms with van der Waals surface area (Å²) < 4.78 is 43.7. The van der Waals surface area contributed by atoms with Crippen molar-refractivity contribution < 1.29 is 27.5 Å². The summed E-state index contributed by atoms with van der Waals surface area (Å²) in [6.07, 6.45) is -1.81. The van der Waals surface area contributed by atoms with E-state index < -0.39 is 24.7 Å². The van der Waals surface area contributed by atoms with Crippen LogP contribution in [0.3, 0.4) is 0 Å². The molecule has 0 aliphatic heterocycles. The minimum Gasteiger partial charge on any atom is -0.465 e. The van der Waals surface area contributed by atoms with Gasteiger partial charge in [0.05, 0.1) is 31.0 Å². The summed E-state index contributed by atoms with van der Waals surface area (Å²) in [6, 6.07) is -0.654. The predicted octanol–water partition coefficient (Wildman–Crippen LogP) is 2.88. The number of carbonyl (C=O) groups excluding carboxylic acids is 2. The van der Waals surface area contributed by atoms with Crippen molar-refractivity contribution in [1.82, 2.24) is 19.4 Å². The van der Waals surface area contributed by atoms with Gasteiger partial charge in [0.1, 0.15) is 12.4 Å². The number of H-pyrrole nitrogens is 1. The minimum atomic E-state index is -4.36. The number of aromatic nitrogens is 3. The number of imidazole rings is 1. The molecule has 0 saturated heterocycles. The Bertz CT molecular complexity index is 870. The van der Waals surface area contributed by atoms with Gasteiger partial charge in [0.15, 0.2) is 5.78 Å². The normalized spacial score (nSPS) is 13.0. The fraction of sp³-hybridized carbons (Fsp3) is 0.500. The topological polar surface area (TPSA) is 80.2 Å². The van der Waals surface area contributed by atoms with E-state index in [9.17, 15) is 22.8 Å². The zero-order valence-corrected chi connectivity index (χ0v) is 16.3. The van der Waals surface area contributed by atoms with Gasteiger partial charge < -0.3 is 14.3 Å². The van der Waals surface area contributed by atoms with E-state index in [1.165, 1.54) is 19.5 Å². The summed E-state index contributed by atoms with van der Waals surface area (Å²) in [5.74, 6) is -0.623. The van der Waals surface area contributed by atoms with Crippen molar-refractivity contribution in [2.75, 3.05) is 14.2 Å². The molecule has 154 valence electrons. The van der Waals surface area contributed by atoms with Crippen LogP contribution in [0, 0.1) is 13.8 Å². The van der Waals surface area contributed by atoms with Crippen LogP contribution in [0.5, 0.6) is 0 Å². The fourth-order valence-electron chi connectivity index (χ4n) is 3.00. The molecule has 0 aliphatic carbocycles. The third-order valence-electron chi connectivity index (χ3n) is 4.66. The summed E-state index contributed by atoms with van der Waals surface area (Å²) in [4.78, 5) is 33.3. The summed E-state index contributed by atoms with van der Waals surface area (Å²) >= 11 is 0. The molecule has 0 aliphatic rings. The monoisotopic (exact) mass is 400 g/mol. The van der Waals surface area contributed by atoms with E-state index in [0.29, 0.717) is 16.8 Å². The lowest BCUT2D eigenvalue weighted by Gasteiger charge is -2.23. The van der Waals surface area contributed by atoms with Crippen molar-refractivity contribution in [2.24, 2.45) is 0 Å². The highest BCUT2D eigenvalue weighted by atomic mass is 19.4. The first-order valence-electron chi connectivity index (χ1n) is 8.55. The van der Waals surface area contributed by atoms with Crippen LogP contribution < -0.4 is 0 Å². The van der Waals surface area contributed by atoms with Crippen molar-refractivity contribution in [1.29, 1.82) is 0 Å². The molecule has 2 aromatic heterocycles. The number of methoxy groups -OCH3 is 1. The fourth-order valence-corrected chi connectivity index (χ4v) is 3.00. The van der Waals surface area contributed by atoms with E-state index in [4.69, 9.17) is 4.74 Å². The minimum absolute atomic E-state index is 0.0542. The SMILES string of the molecule is COC(=O)c1c(C)[nH]c(C(=O)C(C)N(C)Cc2nccn2CC(F)(F)F)c1C. The molecule has 1 unspecified atom stereocenters. The third kappa shape index (κ3) is 4.61. The molecule has 1 N–H and O–H groups in total. The van der Waals surface area contributed by atoms with E-state index in [-0.39, 0.29) is 23.8 Å². The first-order valence-corrected chi connectivity index (χ1v) is 8.55. The number of rotatable bonds is 7. The molecule has 0 amide bonds. The van der Waals surface area contributed by atoms with Crippen LogP contribution in [-0.4, -0.2) is 57.6 Å². The molecule has 28 heavy (non-hydrogen) atoms. The van der Waals surface area contributed by atoms with Crippen molar-refractivity contribution in [3.63, 3.8) is 0 Å². The van der Waals surface area contributed by atoms with Gasteiger partial charge in [0.25, 0.3) is 0 Å². The largest absolute Gasteiger partial charge is 0.465 e. The number of hydrogen-bond donors (Lipinski definition) is 1. The standard InChI is InChI=1S/C18H23F3N4O3/c1-10-14(17(27)28-5)11(2)23-15(10)16(26)12(3)24(4)8-13-22-6-7-25(13)9-18(19,20)21/h6-7,12,23H,8-9H2,1-5H3. The molecule has 0 aromatic carbocycles. The van der Waals surface area contributed by atoms with Crippen LogP contribution >= 0.6 is 0 Å². The lowest BCUT2D eigenvalue weighted by atomic mass is 10.0. The molecule has 1 atom stereocenters. The Balaban J connectivity index is 2.19. The van der Waals surface area contributed by atoms with Crippen LogP contribution in [0.25, 0.3) is 0 Å². The molecule has 0 spiro atoms. The van der Waals surface area contributed by atoms with E-state index in [1.807, 2.05) is 0 Å². The Kier molecular flexibility index (Phi) is 6.33. The van der Waals surface area contributed by atoms with Gasteiger partial charge in [-0.05, 0) is 33.4 Å². The van der Waals surface area contributed by atoms with Crippen LogP contribution in [0.15, 0.2) is 12.4 Å². The van der Waals surface area contributed by atoms with Gasteiger partial charge in [-0.2, -0.15) is 13.2 Å². The van der Waals surface area contributed by atoms with Gasteiger partial charge in [-0.1, -0.05) is 0 Å². The zero-order chi connectivity index (χ0) is 21.2. The van der Waals surface area contributed by atoms with E-state index in [0.717, 1.165) is 4.57 Å². The average molecular weight is 400 g/mol. The highest BCUT2D eigenvalue weighted by Crippen LogP contribution is 2.22. The number of ketones is 1. The highest BCUT2D eigenvalue weighted by molar-refractivity contribution is 6.03. The Morgan fingerprint density at radius 2 is 2.00 bits per heavy atom. The molecular weight excluding hydrogens is 377 g/mol. The number of esters is 1. The Hall–Kier alpha value is -2.62. The molecule has 2 heterocycles. The number of hydrogen-bond acceptors (Lipinski definition) is 5. The number of nitrogens with zero attached hydrogens (tertiary/aromatic N) is 3. The second-order valence-corrected chi connectivity index (χ2v) is 6.66. The maximum atomic E-state index is 12.9. The summed E-state index contributed by atoms with van der Waals surface area (Å²) in [7, 11) is 2.89. The lowest BCUT2D eigenvalue weighted by molar-refractivity contribution is -0.141. The number of ether oxygens (including phenoxy) is 1. The second-order valence-electron chi connectivity index (χ2n) is 6.66. The Labute approximate surface area is 160 Å². The van der Waals surface area contributed by atoms with Crippen LogP contribution in [0.4, 0.5) is 13.2 Å². The molecule has 0 radical (unpaired) electrons. The smallest absolute Gasteiger partial charge is 0.406 e. The molecule has 0 saturated carbocycles. The molecule has 7 nitrogen and oxygen atoms in total. The van der Waals surface area contributed by atoms with Gasteiger partial charge in [0, 0.05) is 18.1 Å². The summed E-state index contributed by atoms with van der Waals surface area (Å²) in [5, 5.41) is 0. The number of Topliss-reactive ketones (excluding diaryl/α,β-unsaturated/α-hetero) is 1. The van der Waals surface area contributed by atoms with Gasteiger partial charge in [-0.3, -0.25) is 9.69 Å². The van der Waals surface area contributed by atoms with Gasteiger partial charge in [-0.15, -0.1) is 0 Å². The van der Waals surface area contributed by atoms with Gasteiger partial charge >= 0.3 is 12.1 Å². The van der Waals surface area contributed by atoms with Crippen LogP contribution in [-0.2, 0) is 17.8 Å². The predicted molar refractivity (Wildman–Crippen MR) is 95.1 cm³/mol. The number of aryl methyl sites for hydroxylation is 1. The van der Waals surface area contributed by atoms with E-state index >= 15 is 0 Å². The zero-order valence-electron chi connectivity index (χ0n) is 16.3. The van der Waals surface area contributed by atoms with E-state index in [1.54, 1.807) is 32.7 Å². The number of alkyl halides is 3. The molecule has 2 aromatic rings. The molecule has 0 fully saturated rings. The number of likely N-dealkylation sites (N-methyl/N-ethyl adjacent to an activating group) is 1. The number of aromatic amines is 1. The van der Waals surface area contributed by atoms with Crippen molar-refractivity contribution in [2.45, 2.75) is 46.1 Å². The highest BCUT2D eigenvalue weighted by Gasteiger charge is 2.30. The number of nitrogens with one attached hydrogen (secondary N) is 1. The summed E-state index contributed by atoms with van der Waals surface area (Å²) in [6.45, 7) is 3.87. The maximum Gasteiger partial charge on any atom is 0.406 e. The molecule has 10 heteroatoms. The molecule has 0 bridgehead atoms. The average Bonchev–Trinajstić information content (AvgIpc) is 3.15. The van der Waals surface area contributed by atoms with Crippen molar-refractivity contribution in [3.05, 3.63) is 40.7 Å². The van der Waals surface area contributed by atoms with Gasteiger partial charge in [0.2, 0.25) is 0 Å². The molecule has 2 rings (SSSR count). The number of halogens is 3. The van der Waals surface area contributed by atoms with Crippen LogP contribution in [0.2, 0.25) is 0 Å². The molecular formula is C18H23F3N4O3. The van der Waals surface area contributed by atoms with Crippen molar-refractivity contribution in [3.8, 4) is 0 Å². The first kappa shape index (κ1) is 21.7. The van der Waals surface area contributed by atoms with Crippen molar-refractivity contribution >= 4 is 11.8 Å². The second kappa shape index (κ2) is 8.17. The number of carbonyl (C=O) groups is 2. The Morgan fingerprint density at radius 1 is 1.36 bits per heavy atom. The third-order valence-corrected chi connectivity index (χ3v) is 4.66. The van der Waals surface area contributed by atoms with Crippen LogP contribution in [0.1, 0.15) is 44.9 Å².